The summed E-state index contributed by atoms with van der Waals surface area (Å²) in [5, 5.41) is 45.6. The molecule has 2 saturated heterocycles. The fraction of sp³-hybridized carbons (Fsp3) is 0.976. The molecule has 0 aromatic heterocycles. The van der Waals surface area contributed by atoms with E-state index >= 15 is 0 Å². The van der Waals surface area contributed by atoms with Gasteiger partial charge in [0, 0.05) is 24.7 Å². The fourth-order valence-electron chi connectivity index (χ4n) is 15.2. The molecule has 2 heterocycles. The van der Waals surface area contributed by atoms with Crippen LogP contribution in [-0.2, 0) is 23.7 Å². The van der Waals surface area contributed by atoms with Gasteiger partial charge >= 0.3 is 5.97 Å². The number of carbonyl (C=O) groups excluding carboxylic acids is 1. The second-order valence-electron chi connectivity index (χ2n) is 20.9. The Labute approximate surface area is 311 Å². The average Bonchev–Trinajstić information content (AvgIpc) is 3.69. The van der Waals surface area contributed by atoms with Gasteiger partial charge in [-0.15, -0.1) is 0 Å². The summed E-state index contributed by atoms with van der Waals surface area (Å²) in [5.41, 5.74) is -4.01. The van der Waals surface area contributed by atoms with E-state index in [1.54, 1.807) is 13.8 Å². The number of hydrogen-bond acceptors (Lipinski definition) is 9. The highest BCUT2D eigenvalue weighted by Gasteiger charge is 2.89. The summed E-state index contributed by atoms with van der Waals surface area (Å²) < 4.78 is 40.7. The number of alkyl halides is 1. The molecule has 9 nitrogen and oxygen atoms in total. The number of aliphatic hydroxyl groups excluding tert-OH is 2. The van der Waals surface area contributed by atoms with Crippen molar-refractivity contribution < 1.29 is 48.6 Å². The summed E-state index contributed by atoms with van der Waals surface area (Å²) in [4.78, 5) is 12.2. The molecule has 0 bridgehead atoms. The van der Waals surface area contributed by atoms with E-state index in [-0.39, 0.29) is 64.0 Å². The number of aliphatic hydroxyl groups is 4. The molecule has 0 radical (unpaired) electrons. The number of halogens is 1. The van der Waals surface area contributed by atoms with Crippen molar-refractivity contribution in [3.05, 3.63) is 0 Å². The molecule has 298 valence electrons. The zero-order valence-electron chi connectivity index (χ0n) is 33.8. The molecule has 2 aliphatic heterocycles. The molecule has 5 saturated carbocycles. The lowest BCUT2D eigenvalue weighted by Gasteiger charge is -2.68. The van der Waals surface area contributed by atoms with E-state index in [2.05, 4.69) is 41.5 Å². The van der Waals surface area contributed by atoms with Gasteiger partial charge in [-0.05, 0) is 117 Å². The van der Waals surface area contributed by atoms with Crippen LogP contribution in [0.15, 0.2) is 0 Å². The number of fused-ring (bicyclic) bond motifs is 4. The normalized spacial score (nSPS) is 55.6. The van der Waals surface area contributed by atoms with E-state index in [9.17, 15) is 29.6 Å². The van der Waals surface area contributed by atoms with Crippen molar-refractivity contribution >= 4 is 5.97 Å². The summed E-state index contributed by atoms with van der Waals surface area (Å²) in [6, 6.07) is 0. The Morgan fingerprint density at radius 1 is 1.02 bits per heavy atom. The Balaban J connectivity index is 1.23. The molecular weight excluding hydrogens is 667 g/mol. The van der Waals surface area contributed by atoms with E-state index in [4.69, 9.17) is 18.9 Å². The zero-order chi connectivity index (χ0) is 38.5. The maximum Gasteiger partial charge on any atom is 0.303 e. The standard InChI is InChI=1S/C42H69FO9/c1-23-20-27(32(35(6,7)47)50-25(3)44)51-33-30(23)36(8)16-17-40-22-41(40)15-13-29(52-39(11)24(2)31(46)26(45)21-49-39)34(4,5)37(41,9)14-12-28(40)38(36,10)42(33,48)18-19-43/h23-24,26-33,45-48H,12-22H2,1-11H3/t23-,24-,26-,27-,28+,29+,30+,31-,32+,33+,36-,37+,38+,39+,40+,41-,42+/m1/s1. The van der Waals surface area contributed by atoms with E-state index < -0.39 is 71.5 Å². The van der Waals surface area contributed by atoms with Crippen LogP contribution < -0.4 is 0 Å². The van der Waals surface area contributed by atoms with Gasteiger partial charge in [0.25, 0.3) is 0 Å². The van der Waals surface area contributed by atoms with Crippen LogP contribution in [0.3, 0.4) is 0 Å². The SMILES string of the molecule is CC(=O)O[C@@H]([C@H]1C[C@@H](C)[C@H]2[C@H](O1)[C@@](O)(CCF)[C@@]1(C)[C@@H]3CC[C@@]4(C)C(C)(C)[C@@H](O[C@]5(C)OC[C@@H](O)[C@H](O)[C@H]5C)CC[C@@]45C[C@@]35CC[C@]21C)C(C)(C)O. The Bertz CT molecular complexity index is 1430. The van der Waals surface area contributed by atoms with Crippen LogP contribution in [0.1, 0.15) is 134 Å². The van der Waals surface area contributed by atoms with Gasteiger partial charge in [0.2, 0.25) is 0 Å². The number of ether oxygens (including phenoxy) is 4. The molecule has 7 rings (SSSR count). The van der Waals surface area contributed by atoms with Gasteiger partial charge < -0.3 is 39.4 Å². The molecule has 17 atom stereocenters. The Kier molecular flexibility index (Phi) is 8.95. The minimum Gasteiger partial charge on any atom is -0.457 e. The molecule has 52 heavy (non-hydrogen) atoms. The van der Waals surface area contributed by atoms with Gasteiger partial charge in [-0.25, -0.2) is 0 Å². The van der Waals surface area contributed by atoms with Crippen molar-refractivity contribution in [3.63, 3.8) is 0 Å². The monoisotopic (exact) mass is 736 g/mol. The highest BCUT2D eigenvalue weighted by atomic mass is 19.1. The molecule has 0 aromatic carbocycles. The third-order valence-corrected chi connectivity index (χ3v) is 18.6. The molecule has 0 aromatic rings. The fourth-order valence-corrected chi connectivity index (χ4v) is 15.2. The van der Waals surface area contributed by atoms with Crippen molar-refractivity contribution in [1.82, 2.24) is 0 Å². The average molecular weight is 737 g/mol. The highest BCUT2D eigenvalue weighted by Crippen LogP contribution is 2.93. The summed E-state index contributed by atoms with van der Waals surface area (Å²) in [5.74, 6) is -1.66. The maximum absolute atomic E-state index is 14.9. The van der Waals surface area contributed by atoms with Crippen molar-refractivity contribution in [3.8, 4) is 0 Å². The second-order valence-corrected chi connectivity index (χ2v) is 20.9. The van der Waals surface area contributed by atoms with Gasteiger partial charge in [-0.2, -0.15) is 0 Å². The predicted octanol–water partition coefficient (Wildman–Crippen LogP) is 6.11. The Hall–Kier alpha value is -0.880. The second kappa shape index (κ2) is 11.8. The van der Waals surface area contributed by atoms with Crippen LogP contribution in [0.4, 0.5) is 4.39 Å². The number of hydrogen-bond donors (Lipinski definition) is 4. The van der Waals surface area contributed by atoms with Gasteiger partial charge in [-0.1, -0.05) is 48.5 Å². The third-order valence-electron chi connectivity index (χ3n) is 18.6. The molecule has 0 unspecified atom stereocenters. The molecular formula is C42H69FO9. The molecule has 5 aliphatic carbocycles. The van der Waals surface area contributed by atoms with E-state index in [1.807, 2.05) is 13.8 Å². The van der Waals surface area contributed by atoms with Crippen LogP contribution in [0.2, 0.25) is 0 Å². The van der Waals surface area contributed by atoms with Crippen molar-refractivity contribution in [2.75, 3.05) is 13.3 Å². The lowest BCUT2D eigenvalue weighted by molar-refractivity contribution is -0.350. The minimum atomic E-state index is -1.45. The van der Waals surface area contributed by atoms with Crippen LogP contribution >= 0.6 is 0 Å². The van der Waals surface area contributed by atoms with Crippen molar-refractivity contribution in [1.29, 1.82) is 0 Å². The Morgan fingerprint density at radius 2 is 1.69 bits per heavy atom. The molecule has 4 N–H and O–H groups in total. The predicted molar refractivity (Wildman–Crippen MR) is 193 cm³/mol. The maximum atomic E-state index is 14.9. The largest absolute Gasteiger partial charge is 0.457 e. The van der Waals surface area contributed by atoms with Gasteiger partial charge in [0.1, 0.15) is 6.10 Å². The summed E-state index contributed by atoms with van der Waals surface area (Å²) in [6.07, 6.45) is 3.19. The number of esters is 1. The molecule has 0 amide bonds. The highest BCUT2D eigenvalue weighted by molar-refractivity contribution is 5.66. The first-order valence-electron chi connectivity index (χ1n) is 20.4. The third kappa shape index (κ3) is 4.67. The van der Waals surface area contributed by atoms with E-state index in [1.165, 1.54) is 6.92 Å². The Morgan fingerprint density at radius 3 is 2.31 bits per heavy atom. The first kappa shape index (κ1) is 39.4. The van der Waals surface area contributed by atoms with Crippen LogP contribution in [0, 0.1) is 56.2 Å². The zero-order valence-corrected chi connectivity index (χ0v) is 33.8. The smallest absolute Gasteiger partial charge is 0.303 e. The first-order valence-corrected chi connectivity index (χ1v) is 20.4. The van der Waals surface area contributed by atoms with Gasteiger partial charge in [0.15, 0.2) is 11.9 Å². The molecule has 7 fully saturated rings. The topological polar surface area (TPSA) is 135 Å². The van der Waals surface area contributed by atoms with Crippen LogP contribution in [0.5, 0.6) is 0 Å². The van der Waals surface area contributed by atoms with Crippen LogP contribution in [-0.4, -0.2) is 93.3 Å². The summed E-state index contributed by atoms with van der Waals surface area (Å²) in [7, 11) is 0. The molecule has 2 spiro atoms. The summed E-state index contributed by atoms with van der Waals surface area (Å²) in [6.45, 7) is 21.8. The van der Waals surface area contributed by atoms with Crippen LogP contribution in [0.25, 0.3) is 0 Å². The summed E-state index contributed by atoms with van der Waals surface area (Å²) >= 11 is 0. The van der Waals surface area contributed by atoms with Crippen molar-refractivity contribution in [2.24, 2.45) is 56.2 Å². The quantitative estimate of drug-likeness (QED) is 0.180. The van der Waals surface area contributed by atoms with Gasteiger partial charge in [-0.3, -0.25) is 9.18 Å². The lowest BCUT2D eigenvalue weighted by Crippen LogP contribution is -2.67. The minimum absolute atomic E-state index is 0.00310. The molecule has 7 aliphatic rings. The van der Waals surface area contributed by atoms with Crippen molar-refractivity contribution in [2.45, 2.75) is 188 Å². The first-order chi connectivity index (χ1) is 23.9. The van der Waals surface area contributed by atoms with E-state index in [0.29, 0.717) is 6.42 Å². The number of rotatable bonds is 7. The van der Waals surface area contributed by atoms with Gasteiger partial charge in [0.05, 0.1) is 48.9 Å². The molecule has 10 heteroatoms. The lowest BCUT2D eigenvalue weighted by atomic mass is 9.37. The number of carbonyl (C=O) groups is 1. The van der Waals surface area contributed by atoms with E-state index in [0.717, 1.165) is 44.9 Å².